The van der Waals surface area contributed by atoms with E-state index in [1.165, 1.54) is 31.2 Å². The van der Waals surface area contributed by atoms with Crippen molar-refractivity contribution in [1.82, 2.24) is 9.80 Å². The van der Waals surface area contributed by atoms with Gasteiger partial charge in [0.2, 0.25) is 5.91 Å². The van der Waals surface area contributed by atoms with Crippen molar-refractivity contribution in [3.63, 3.8) is 0 Å². The number of anilines is 1. The van der Waals surface area contributed by atoms with Gasteiger partial charge in [-0.3, -0.25) is 4.79 Å². The van der Waals surface area contributed by atoms with Crippen LogP contribution in [0.2, 0.25) is 0 Å². The number of likely N-dealkylation sites (tertiary alicyclic amines) is 1. The molecule has 1 fully saturated rings. The van der Waals surface area contributed by atoms with Crippen LogP contribution in [0.25, 0.3) is 11.1 Å². The minimum Gasteiger partial charge on any atom is -0.384 e. The molecule has 1 unspecified atom stereocenters. The molecule has 1 N–H and O–H groups in total. The van der Waals surface area contributed by atoms with Gasteiger partial charge in [-0.25, -0.2) is 8.78 Å². The second-order valence-electron chi connectivity index (χ2n) is 11.6. The number of fused-ring (bicyclic) bond motifs is 1. The Morgan fingerprint density at radius 1 is 1.09 bits per heavy atom. The van der Waals surface area contributed by atoms with E-state index in [0.29, 0.717) is 11.8 Å². The number of hydrogen-bond donors (Lipinski definition) is 1. The molecule has 53 heavy (non-hydrogen) atoms. The summed E-state index contributed by atoms with van der Waals surface area (Å²) in [7, 11) is -3.39. The van der Waals surface area contributed by atoms with Crippen molar-refractivity contribution in [3.05, 3.63) is 135 Å². The maximum atomic E-state index is 15.4. The summed E-state index contributed by atoms with van der Waals surface area (Å²) in [4.78, 5) is 15.6. The minimum absolute atomic E-state index is 0.0610. The lowest BCUT2D eigenvalue weighted by atomic mass is 9.99. The summed E-state index contributed by atoms with van der Waals surface area (Å²) in [5.41, 5.74) is -2.20. The first-order valence-electron chi connectivity index (χ1n) is 24.7. The van der Waals surface area contributed by atoms with Gasteiger partial charge in [-0.15, -0.1) is 11.8 Å². The molecule has 6 rings (SSSR count). The molecule has 0 aliphatic carbocycles. The lowest BCUT2D eigenvalue weighted by Crippen LogP contribution is -2.50. The highest BCUT2D eigenvalue weighted by Gasteiger charge is 2.33. The molecule has 0 spiro atoms. The average molecular weight is 770 g/mol. The summed E-state index contributed by atoms with van der Waals surface area (Å²) in [6, 6.07) is 5.02. The molecule has 1 atom stereocenters. The van der Waals surface area contributed by atoms with Crippen molar-refractivity contribution in [2.45, 2.75) is 50.3 Å². The number of benzene rings is 4. The molecule has 0 radical (unpaired) electrons. The molecule has 12 heteroatoms. The Balaban J connectivity index is 1.56. The van der Waals surface area contributed by atoms with Crippen LogP contribution in [-0.4, -0.2) is 66.5 Å². The van der Waals surface area contributed by atoms with Crippen molar-refractivity contribution in [1.29, 1.82) is 0 Å². The summed E-state index contributed by atoms with van der Waals surface area (Å²) in [5, 5.41) is 11.0. The molecule has 1 saturated heterocycles. The Labute approximate surface area is 336 Å². The maximum Gasteiger partial charge on any atom is 0.416 e. The summed E-state index contributed by atoms with van der Waals surface area (Å²) in [6.45, 7) is -15.2. The Morgan fingerprint density at radius 3 is 2.47 bits per heavy atom. The van der Waals surface area contributed by atoms with E-state index in [4.69, 9.17) is 17.8 Å². The molecule has 0 aromatic heterocycles. The number of carbonyl (C=O) groups is 1. The van der Waals surface area contributed by atoms with Crippen LogP contribution < -0.4 is 4.90 Å². The molecule has 4 aromatic rings. The van der Waals surface area contributed by atoms with Gasteiger partial charge in [0.1, 0.15) is 12.6 Å². The number of nitrogens with zero attached hydrogens (tertiary/aromatic N) is 3. The summed E-state index contributed by atoms with van der Waals surface area (Å²) >= 11 is 0.481. The van der Waals surface area contributed by atoms with Crippen molar-refractivity contribution < 1.29 is 61.3 Å². The van der Waals surface area contributed by atoms with Gasteiger partial charge in [0.15, 0.2) is 11.6 Å². The zero-order chi connectivity index (χ0) is 53.6. The Morgan fingerprint density at radius 2 is 1.79 bits per heavy atom. The molecule has 4 aromatic carbocycles. The number of piperidine rings is 1. The number of hydrogen-bond acceptors (Lipinski definition) is 6. The molecule has 6 nitrogen and oxygen atoms in total. The zero-order valence-electron chi connectivity index (χ0n) is 45.7. The fourth-order valence-corrected chi connectivity index (χ4v) is 6.33. The number of halogens is 5. The topological polar surface area (TPSA) is 56.3 Å². The van der Waals surface area contributed by atoms with Crippen LogP contribution >= 0.6 is 11.8 Å². The van der Waals surface area contributed by atoms with Crippen LogP contribution in [0.15, 0.2) is 95.9 Å². The van der Waals surface area contributed by atoms with Gasteiger partial charge in [-0.1, -0.05) is 66.2 Å². The van der Waals surface area contributed by atoms with E-state index in [1.54, 1.807) is 0 Å². The zero-order valence-corrected chi connectivity index (χ0v) is 28.5. The van der Waals surface area contributed by atoms with E-state index in [-0.39, 0.29) is 32.7 Å². The van der Waals surface area contributed by atoms with E-state index < -0.39 is 151 Å². The second-order valence-corrected chi connectivity index (χ2v) is 12.5. The van der Waals surface area contributed by atoms with Crippen LogP contribution in [0.1, 0.15) is 71.3 Å². The summed E-state index contributed by atoms with van der Waals surface area (Å²) in [6.07, 6.45) is -15.3. The van der Waals surface area contributed by atoms with Crippen LogP contribution in [0, 0.1) is 18.6 Å². The Hall–Kier alpha value is -4.23. The standard InChI is InChI=1S/C41H42F5N3O3S/c1-27-6-15-36-34(22-27)37(50)23-39(53-26-31-4-3-5-35(42)40(31)43)49(36)25-38(51)48(33-16-18-47(19-17-33)20-21-52-2)24-28-7-9-29(10-8-28)30-11-13-32(14-12-30)41(44,45)46/h3-15,22-23,33,37,50H,16-21,24-26H2,1-2H3/i2D3,6D,15D,16D2,17D2,18D2,19D2,20D2,22D,23D,33D. The number of alkyl halides is 3. The molecule has 2 heterocycles. The number of ether oxygens (including phenoxy) is 1. The first-order chi connectivity index (χ1) is 32.4. The minimum atomic E-state index is -4.67. The first kappa shape index (κ1) is 21.6. The number of carbonyl (C=O) groups excluding carboxylic acids is 1. The predicted molar refractivity (Wildman–Crippen MR) is 198 cm³/mol. The number of amides is 1. The second kappa shape index (κ2) is 16.8. The van der Waals surface area contributed by atoms with Gasteiger partial charge in [0, 0.05) is 75.4 Å². The SMILES string of the molecule is [2H]C1=C(SCc2cccc(F)c2F)N(CC(=O)N(Cc2ccc(-c3ccc(C(F)(F)F)cc3)cc2)C2([2H])C([2H])([2H])C([2H])([2H])N(C([2H])([2H])COC([2H])([2H])[2H])C([2H])([2H])C2([2H])[2H])c2c([2H])c([2H])c(C)c([2H])c2C1O. The van der Waals surface area contributed by atoms with Crippen LogP contribution in [-0.2, 0) is 28.0 Å². The summed E-state index contributed by atoms with van der Waals surface area (Å²) in [5.74, 6) is -4.80. The molecule has 2 aliphatic rings. The van der Waals surface area contributed by atoms with E-state index in [0.717, 1.165) is 47.4 Å². The van der Waals surface area contributed by atoms with Gasteiger partial charge < -0.3 is 24.5 Å². The largest absolute Gasteiger partial charge is 0.416 e. The van der Waals surface area contributed by atoms with E-state index in [2.05, 4.69) is 4.74 Å². The highest BCUT2D eigenvalue weighted by atomic mass is 32.2. The molecule has 1 amide bonds. The fourth-order valence-electron chi connectivity index (χ4n) is 5.31. The Bertz CT molecular complexity index is 2720. The van der Waals surface area contributed by atoms with E-state index in [1.807, 2.05) is 0 Å². The number of aliphatic hydroxyl groups excluding tert-OH is 1. The monoisotopic (exact) mass is 769 g/mol. The van der Waals surface area contributed by atoms with Gasteiger partial charge in [-0.05, 0) is 66.7 Å². The van der Waals surface area contributed by atoms with Gasteiger partial charge >= 0.3 is 6.18 Å². The quantitative estimate of drug-likeness (QED) is 0.146. The maximum absolute atomic E-state index is 15.4. The van der Waals surface area contributed by atoms with Gasteiger partial charge in [-0.2, -0.15) is 13.2 Å². The third kappa shape index (κ3) is 9.29. The van der Waals surface area contributed by atoms with E-state index in [9.17, 15) is 33.9 Å². The Kier molecular flexibility index (Phi) is 6.87. The normalized spacial score (nSPS) is 26.8. The third-order valence-corrected chi connectivity index (χ3v) is 9.03. The van der Waals surface area contributed by atoms with Gasteiger partial charge in [0.25, 0.3) is 0 Å². The van der Waals surface area contributed by atoms with Crippen molar-refractivity contribution in [3.8, 4) is 11.1 Å². The molecule has 2 aliphatic heterocycles. The number of thioether (sulfide) groups is 1. The van der Waals surface area contributed by atoms with Crippen LogP contribution in [0.3, 0.4) is 0 Å². The summed E-state index contributed by atoms with van der Waals surface area (Å²) < 4.78 is 231. The van der Waals surface area contributed by atoms with Crippen molar-refractivity contribution in [2.24, 2.45) is 0 Å². The molecule has 0 bridgehead atoms. The third-order valence-electron chi connectivity index (χ3n) is 7.96. The molecular weight excluding hydrogens is 710 g/mol. The highest BCUT2D eigenvalue weighted by molar-refractivity contribution is 8.02. The molecule has 0 saturated carbocycles. The molecule has 280 valence electrons. The smallest absolute Gasteiger partial charge is 0.384 e. The van der Waals surface area contributed by atoms with Crippen molar-refractivity contribution in [2.75, 3.05) is 44.6 Å². The van der Waals surface area contributed by atoms with Crippen molar-refractivity contribution >= 4 is 23.4 Å². The molecular formula is C41H42F5N3O3S. The highest BCUT2D eigenvalue weighted by Crippen LogP contribution is 2.41. The predicted octanol–water partition coefficient (Wildman–Crippen LogP) is 8.73. The number of aliphatic hydroxyl groups is 1. The lowest BCUT2D eigenvalue weighted by molar-refractivity contribution is -0.137. The van der Waals surface area contributed by atoms with Crippen LogP contribution in [0.5, 0.6) is 0 Å². The van der Waals surface area contributed by atoms with Crippen LogP contribution in [0.4, 0.5) is 27.6 Å². The average Bonchev–Trinajstić information content (AvgIpc) is 3.27. The van der Waals surface area contributed by atoms with E-state index >= 15 is 4.79 Å². The first-order valence-corrected chi connectivity index (χ1v) is 16.7. The van der Waals surface area contributed by atoms with Gasteiger partial charge in [0.05, 0.1) is 28.2 Å². The number of rotatable bonds is 12. The fraction of sp³-hybridized carbons (Fsp3) is 0.341. The number of methoxy groups -OCH3 is 1. The lowest BCUT2D eigenvalue weighted by Gasteiger charge is -2.40.